The standard InChI is InChI=1S/C10H10N4O2/c1-14-6-7(8(13-14)10(15)16-2)9-11-4-3-5-12-9/h3-6H,1-2H3. The van der Waals surface area contributed by atoms with E-state index in [2.05, 4.69) is 19.8 Å². The number of ether oxygens (including phenoxy) is 1. The Bertz CT molecular complexity index is 507. The molecule has 0 aliphatic rings. The van der Waals surface area contributed by atoms with Gasteiger partial charge in [-0.15, -0.1) is 0 Å². The summed E-state index contributed by atoms with van der Waals surface area (Å²) in [5, 5.41) is 4.02. The average molecular weight is 218 g/mol. The van der Waals surface area contributed by atoms with Crippen molar-refractivity contribution in [1.29, 1.82) is 0 Å². The summed E-state index contributed by atoms with van der Waals surface area (Å²) in [4.78, 5) is 19.6. The number of rotatable bonds is 2. The Kier molecular flexibility index (Phi) is 2.63. The van der Waals surface area contributed by atoms with Gasteiger partial charge in [-0.05, 0) is 6.07 Å². The SMILES string of the molecule is COC(=O)c1nn(C)cc1-c1ncccn1. The molecule has 16 heavy (non-hydrogen) atoms. The van der Waals surface area contributed by atoms with Crippen LogP contribution in [0.5, 0.6) is 0 Å². The van der Waals surface area contributed by atoms with Gasteiger partial charge in [-0.2, -0.15) is 5.10 Å². The quantitative estimate of drug-likeness (QED) is 0.692. The smallest absolute Gasteiger partial charge is 0.359 e. The molecular formula is C10H10N4O2. The number of esters is 1. The normalized spacial score (nSPS) is 10.1. The zero-order valence-corrected chi connectivity index (χ0v) is 8.91. The van der Waals surface area contributed by atoms with E-state index in [-0.39, 0.29) is 5.69 Å². The van der Waals surface area contributed by atoms with Crippen molar-refractivity contribution in [3.8, 4) is 11.4 Å². The van der Waals surface area contributed by atoms with E-state index in [0.29, 0.717) is 11.4 Å². The van der Waals surface area contributed by atoms with Gasteiger partial charge < -0.3 is 4.74 Å². The molecule has 0 fully saturated rings. The number of carbonyl (C=O) groups excluding carboxylic acids is 1. The molecule has 0 spiro atoms. The third-order valence-electron chi connectivity index (χ3n) is 2.01. The van der Waals surface area contributed by atoms with Crippen LogP contribution >= 0.6 is 0 Å². The Morgan fingerprint density at radius 3 is 2.69 bits per heavy atom. The Balaban J connectivity index is 2.53. The number of nitrogens with zero attached hydrogens (tertiary/aromatic N) is 4. The molecule has 0 N–H and O–H groups in total. The van der Waals surface area contributed by atoms with Crippen molar-refractivity contribution in [3.63, 3.8) is 0 Å². The van der Waals surface area contributed by atoms with Gasteiger partial charge >= 0.3 is 5.97 Å². The van der Waals surface area contributed by atoms with E-state index in [1.807, 2.05) is 0 Å². The molecular weight excluding hydrogens is 208 g/mol. The van der Waals surface area contributed by atoms with E-state index in [0.717, 1.165) is 0 Å². The van der Waals surface area contributed by atoms with Crippen LogP contribution < -0.4 is 0 Å². The molecule has 0 saturated carbocycles. The topological polar surface area (TPSA) is 69.9 Å². The monoisotopic (exact) mass is 218 g/mol. The molecule has 0 amide bonds. The molecule has 82 valence electrons. The average Bonchev–Trinajstić information content (AvgIpc) is 2.71. The van der Waals surface area contributed by atoms with Crippen molar-refractivity contribution in [2.24, 2.45) is 7.05 Å². The first-order chi connectivity index (χ1) is 7.72. The number of hydrogen-bond acceptors (Lipinski definition) is 5. The zero-order chi connectivity index (χ0) is 11.5. The van der Waals surface area contributed by atoms with Gasteiger partial charge in [0.15, 0.2) is 11.5 Å². The third kappa shape index (κ3) is 1.77. The van der Waals surface area contributed by atoms with Crippen LogP contribution in [0.25, 0.3) is 11.4 Å². The summed E-state index contributed by atoms with van der Waals surface area (Å²) in [5.41, 5.74) is 0.783. The van der Waals surface area contributed by atoms with Crippen LogP contribution in [0.2, 0.25) is 0 Å². The Hall–Kier alpha value is -2.24. The lowest BCUT2D eigenvalue weighted by atomic mass is 10.2. The van der Waals surface area contributed by atoms with E-state index in [1.165, 1.54) is 11.8 Å². The zero-order valence-electron chi connectivity index (χ0n) is 8.91. The first-order valence-corrected chi connectivity index (χ1v) is 4.61. The largest absolute Gasteiger partial charge is 0.464 e. The fourth-order valence-electron chi connectivity index (χ4n) is 1.34. The van der Waals surface area contributed by atoms with E-state index < -0.39 is 5.97 Å². The number of hydrogen-bond donors (Lipinski definition) is 0. The molecule has 6 nitrogen and oxygen atoms in total. The van der Waals surface area contributed by atoms with Crippen molar-refractivity contribution in [2.75, 3.05) is 7.11 Å². The molecule has 2 rings (SSSR count). The van der Waals surface area contributed by atoms with Gasteiger partial charge in [0.25, 0.3) is 0 Å². The van der Waals surface area contributed by atoms with Gasteiger partial charge in [0.05, 0.1) is 12.7 Å². The molecule has 0 radical (unpaired) electrons. The number of aromatic nitrogens is 4. The minimum Gasteiger partial charge on any atom is -0.464 e. The number of aryl methyl sites for hydroxylation is 1. The van der Waals surface area contributed by atoms with Gasteiger partial charge in [0.2, 0.25) is 0 Å². The van der Waals surface area contributed by atoms with Crippen LogP contribution in [0.3, 0.4) is 0 Å². The lowest BCUT2D eigenvalue weighted by Crippen LogP contribution is -2.05. The molecule has 2 aromatic heterocycles. The summed E-state index contributed by atoms with van der Waals surface area (Å²) in [6.45, 7) is 0. The number of carbonyl (C=O) groups is 1. The summed E-state index contributed by atoms with van der Waals surface area (Å²) in [7, 11) is 3.03. The lowest BCUT2D eigenvalue weighted by molar-refractivity contribution is 0.0594. The lowest BCUT2D eigenvalue weighted by Gasteiger charge is -1.98. The van der Waals surface area contributed by atoms with Crippen LogP contribution in [0.4, 0.5) is 0 Å². The highest BCUT2D eigenvalue weighted by atomic mass is 16.5. The molecule has 0 bridgehead atoms. The highest BCUT2D eigenvalue weighted by molar-refractivity contribution is 5.93. The van der Waals surface area contributed by atoms with Crippen molar-refractivity contribution in [2.45, 2.75) is 0 Å². The highest BCUT2D eigenvalue weighted by Gasteiger charge is 2.19. The van der Waals surface area contributed by atoms with Gasteiger partial charge in [-0.1, -0.05) is 0 Å². The summed E-state index contributed by atoms with van der Waals surface area (Å²) in [5.74, 6) is -0.0425. The Labute approximate surface area is 91.9 Å². The summed E-state index contributed by atoms with van der Waals surface area (Å²) in [6.07, 6.45) is 4.90. The predicted octanol–water partition coefficient (Wildman–Crippen LogP) is 0.664. The van der Waals surface area contributed by atoms with Gasteiger partial charge in [0, 0.05) is 25.6 Å². The summed E-state index contributed by atoms with van der Waals surface area (Å²) in [6, 6.07) is 1.71. The second-order valence-corrected chi connectivity index (χ2v) is 3.13. The van der Waals surface area contributed by atoms with Gasteiger partial charge in [0.1, 0.15) is 0 Å². The van der Waals surface area contributed by atoms with Crippen LogP contribution in [0.15, 0.2) is 24.7 Å². The number of methoxy groups -OCH3 is 1. The van der Waals surface area contributed by atoms with E-state index in [9.17, 15) is 4.79 Å². The van der Waals surface area contributed by atoms with Crippen molar-refractivity contribution in [3.05, 3.63) is 30.4 Å². The Morgan fingerprint density at radius 1 is 1.38 bits per heavy atom. The minimum absolute atomic E-state index is 0.219. The van der Waals surface area contributed by atoms with Crippen LogP contribution in [0.1, 0.15) is 10.5 Å². The maximum absolute atomic E-state index is 11.5. The molecule has 2 heterocycles. The van der Waals surface area contributed by atoms with E-state index in [1.54, 1.807) is 31.7 Å². The van der Waals surface area contributed by atoms with Crippen molar-refractivity contribution < 1.29 is 9.53 Å². The van der Waals surface area contributed by atoms with E-state index >= 15 is 0 Å². The minimum atomic E-state index is -0.497. The fraction of sp³-hybridized carbons (Fsp3) is 0.200. The van der Waals surface area contributed by atoms with Crippen LogP contribution in [-0.4, -0.2) is 32.8 Å². The maximum atomic E-state index is 11.5. The van der Waals surface area contributed by atoms with Gasteiger partial charge in [-0.25, -0.2) is 14.8 Å². The molecule has 0 aliphatic carbocycles. The maximum Gasteiger partial charge on any atom is 0.359 e. The molecule has 0 atom stereocenters. The predicted molar refractivity (Wildman–Crippen MR) is 55.6 cm³/mol. The molecule has 2 aromatic rings. The van der Waals surface area contributed by atoms with Gasteiger partial charge in [-0.3, -0.25) is 4.68 Å². The first-order valence-electron chi connectivity index (χ1n) is 4.61. The van der Waals surface area contributed by atoms with E-state index in [4.69, 9.17) is 0 Å². The first kappa shape index (κ1) is 10.3. The highest BCUT2D eigenvalue weighted by Crippen LogP contribution is 2.18. The van der Waals surface area contributed by atoms with Crippen LogP contribution in [-0.2, 0) is 11.8 Å². The summed E-state index contributed by atoms with van der Waals surface area (Å²) < 4.78 is 6.17. The molecule has 0 unspecified atom stereocenters. The molecule has 6 heteroatoms. The summed E-state index contributed by atoms with van der Waals surface area (Å²) >= 11 is 0. The molecule has 0 saturated heterocycles. The van der Waals surface area contributed by atoms with Crippen molar-refractivity contribution in [1.82, 2.24) is 19.7 Å². The second kappa shape index (κ2) is 4.09. The molecule has 0 aliphatic heterocycles. The second-order valence-electron chi connectivity index (χ2n) is 3.13. The molecule has 0 aromatic carbocycles. The fourth-order valence-corrected chi connectivity index (χ4v) is 1.34. The third-order valence-corrected chi connectivity index (χ3v) is 2.01. The Morgan fingerprint density at radius 2 is 2.06 bits per heavy atom. The van der Waals surface area contributed by atoms with Crippen molar-refractivity contribution >= 4 is 5.97 Å². The van der Waals surface area contributed by atoms with Crippen LogP contribution in [0, 0.1) is 0 Å².